The second kappa shape index (κ2) is 4.11. The van der Waals surface area contributed by atoms with Crippen LogP contribution in [-0.4, -0.2) is 30.8 Å². The van der Waals surface area contributed by atoms with Crippen LogP contribution in [0.2, 0.25) is 0 Å². The second-order valence-electron chi connectivity index (χ2n) is 4.18. The Hall–Kier alpha value is -0.860. The first-order chi connectivity index (χ1) is 6.85. The number of rotatable bonds is 3. The van der Waals surface area contributed by atoms with Gasteiger partial charge in [-0.05, 0) is 6.92 Å². The van der Waals surface area contributed by atoms with E-state index in [2.05, 4.69) is 42.6 Å². The number of nitrogens with one attached hydrogen (secondary N) is 1. The van der Waals surface area contributed by atoms with Crippen molar-refractivity contribution in [2.45, 2.75) is 13.5 Å². The van der Waals surface area contributed by atoms with E-state index in [0.717, 1.165) is 6.67 Å². The summed E-state index contributed by atoms with van der Waals surface area (Å²) in [6, 6.07) is 10.8. The van der Waals surface area contributed by atoms with Gasteiger partial charge < -0.3 is 4.48 Å². The Balaban J connectivity index is 2.08. The van der Waals surface area contributed by atoms with Crippen LogP contribution in [0.5, 0.6) is 0 Å². The number of benzene rings is 1. The van der Waals surface area contributed by atoms with Gasteiger partial charge in [-0.25, -0.2) is 0 Å². The SMILES string of the molecule is CC[N+]1(Cc2ccccc2)CCNC1. The fourth-order valence-electron chi connectivity index (χ4n) is 2.20. The van der Waals surface area contributed by atoms with Crippen molar-refractivity contribution in [3.63, 3.8) is 0 Å². The maximum atomic E-state index is 3.46. The Kier molecular flexibility index (Phi) is 2.85. The summed E-state index contributed by atoms with van der Waals surface area (Å²) in [5.41, 5.74) is 1.46. The van der Waals surface area contributed by atoms with Crippen LogP contribution < -0.4 is 5.32 Å². The molecular formula is C12H19N2+. The quantitative estimate of drug-likeness (QED) is 0.715. The van der Waals surface area contributed by atoms with Gasteiger partial charge in [-0.2, -0.15) is 0 Å². The Labute approximate surface area is 86.1 Å². The average molecular weight is 191 g/mol. The molecule has 14 heavy (non-hydrogen) atoms. The summed E-state index contributed by atoms with van der Waals surface area (Å²) in [4.78, 5) is 0. The lowest BCUT2D eigenvalue weighted by molar-refractivity contribution is -0.928. The van der Waals surface area contributed by atoms with Crippen LogP contribution >= 0.6 is 0 Å². The normalized spacial score (nSPS) is 26.6. The zero-order chi connectivity index (χ0) is 9.86. The molecule has 0 spiro atoms. The van der Waals surface area contributed by atoms with Crippen LogP contribution in [-0.2, 0) is 6.54 Å². The van der Waals surface area contributed by atoms with Crippen LogP contribution in [0.25, 0.3) is 0 Å². The van der Waals surface area contributed by atoms with Crippen LogP contribution in [0, 0.1) is 0 Å². The van der Waals surface area contributed by atoms with Crippen molar-refractivity contribution in [2.75, 3.05) is 26.3 Å². The van der Waals surface area contributed by atoms with E-state index in [9.17, 15) is 0 Å². The molecule has 1 fully saturated rings. The van der Waals surface area contributed by atoms with E-state index < -0.39 is 0 Å². The van der Waals surface area contributed by atoms with Crippen molar-refractivity contribution in [1.82, 2.24) is 5.32 Å². The largest absolute Gasteiger partial charge is 0.307 e. The molecule has 1 atom stereocenters. The molecule has 1 aliphatic heterocycles. The van der Waals surface area contributed by atoms with Crippen LogP contribution in [0.3, 0.4) is 0 Å². The van der Waals surface area contributed by atoms with Gasteiger partial charge in [0.2, 0.25) is 0 Å². The minimum Gasteiger partial charge on any atom is -0.307 e. The molecule has 1 heterocycles. The van der Waals surface area contributed by atoms with Crippen molar-refractivity contribution >= 4 is 0 Å². The molecule has 0 radical (unpaired) electrons. The minimum absolute atomic E-state index is 1.13. The molecule has 1 saturated heterocycles. The first-order valence-electron chi connectivity index (χ1n) is 5.44. The van der Waals surface area contributed by atoms with Crippen LogP contribution in [0.15, 0.2) is 30.3 Å². The molecule has 2 heteroatoms. The first kappa shape index (κ1) is 9.69. The molecule has 0 saturated carbocycles. The van der Waals surface area contributed by atoms with Crippen molar-refractivity contribution < 1.29 is 4.48 Å². The van der Waals surface area contributed by atoms with E-state index in [4.69, 9.17) is 0 Å². The van der Waals surface area contributed by atoms with E-state index in [-0.39, 0.29) is 0 Å². The highest BCUT2D eigenvalue weighted by atomic mass is 15.4. The summed E-state index contributed by atoms with van der Waals surface area (Å²) < 4.78 is 1.20. The second-order valence-corrected chi connectivity index (χ2v) is 4.18. The van der Waals surface area contributed by atoms with Gasteiger partial charge in [0.1, 0.15) is 13.2 Å². The fraction of sp³-hybridized carbons (Fsp3) is 0.500. The zero-order valence-electron chi connectivity index (χ0n) is 8.87. The Morgan fingerprint density at radius 3 is 2.64 bits per heavy atom. The zero-order valence-corrected chi connectivity index (χ0v) is 8.87. The molecule has 1 aromatic carbocycles. The fourth-order valence-corrected chi connectivity index (χ4v) is 2.20. The first-order valence-corrected chi connectivity index (χ1v) is 5.44. The molecule has 76 valence electrons. The highest BCUT2D eigenvalue weighted by Crippen LogP contribution is 2.15. The number of hydrogen-bond donors (Lipinski definition) is 1. The molecule has 1 aromatic rings. The lowest BCUT2D eigenvalue weighted by Gasteiger charge is -2.32. The summed E-state index contributed by atoms with van der Waals surface area (Å²) in [5.74, 6) is 0. The van der Waals surface area contributed by atoms with Crippen molar-refractivity contribution in [3.8, 4) is 0 Å². The molecule has 1 N–H and O–H groups in total. The average Bonchev–Trinajstić information content (AvgIpc) is 2.69. The molecule has 1 unspecified atom stereocenters. The lowest BCUT2D eigenvalue weighted by atomic mass is 10.2. The summed E-state index contributed by atoms with van der Waals surface area (Å²) in [6.07, 6.45) is 0. The Morgan fingerprint density at radius 1 is 1.29 bits per heavy atom. The molecular weight excluding hydrogens is 172 g/mol. The summed E-state index contributed by atoms with van der Waals surface area (Å²) >= 11 is 0. The maximum absolute atomic E-state index is 3.46. The summed E-state index contributed by atoms with van der Waals surface area (Å²) in [7, 11) is 0. The monoisotopic (exact) mass is 191 g/mol. The topological polar surface area (TPSA) is 12.0 Å². The van der Waals surface area contributed by atoms with Gasteiger partial charge in [-0.3, -0.25) is 5.32 Å². The van der Waals surface area contributed by atoms with Crippen molar-refractivity contribution in [1.29, 1.82) is 0 Å². The predicted molar refractivity (Wildman–Crippen MR) is 58.7 cm³/mol. The molecule has 0 aliphatic carbocycles. The third kappa shape index (κ3) is 1.97. The van der Waals surface area contributed by atoms with Gasteiger partial charge in [-0.1, -0.05) is 30.3 Å². The van der Waals surface area contributed by atoms with Gasteiger partial charge in [-0.15, -0.1) is 0 Å². The number of hydrogen-bond acceptors (Lipinski definition) is 1. The molecule has 0 amide bonds. The molecule has 0 bridgehead atoms. The third-order valence-corrected chi connectivity index (χ3v) is 3.24. The van der Waals surface area contributed by atoms with Gasteiger partial charge in [0, 0.05) is 12.1 Å². The summed E-state index contributed by atoms with van der Waals surface area (Å²) in [6.45, 7) is 8.25. The van der Waals surface area contributed by atoms with E-state index in [1.807, 2.05) is 0 Å². The molecule has 0 aromatic heterocycles. The predicted octanol–water partition coefficient (Wildman–Crippen LogP) is 1.58. The van der Waals surface area contributed by atoms with Gasteiger partial charge in [0.05, 0.1) is 13.1 Å². The lowest BCUT2D eigenvalue weighted by Crippen LogP contribution is -2.45. The van der Waals surface area contributed by atoms with E-state index in [0.29, 0.717) is 0 Å². The number of likely N-dealkylation sites (N-methyl/N-ethyl adjacent to an activating group) is 1. The smallest absolute Gasteiger partial charge is 0.133 e. The van der Waals surface area contributed by atoms with Crippen LogP contribution in [0.4, 0.5) is 0 Å². The van der Waals surface area contributed by atoms with E-state index in [1.54, 1.807) is 0 Å². The van der Waals surface area contributed by atoms with E-state index in [1.165, 1.54) is 36.2 Å². The minimum atomic E-state index is 1.13. The van der Waals surface area contributed by atoms with Gasteiger partial charge in [0.25, 0.3) is 0 Å². The van der Waals surface area contributed by atoms with E-state index >= 15 is 0 Å². The molecule has 2 rings (SSSR count). The third-order valence-electron chi connectivity index (χ3n) is 3.24. The maximum Gasteiger partial charge on any atom is 0.133 e. The van der Waals surface area contributed by atoms with Crippen LogP contribution in [0.1, 0.15) is 12.5 Å². The molecule has 2 nitrogen and oxygen atoms in total. The Bertz CT molecular complexity index is 276. The van der Waals surface area contributed by atoms with Crippen molar-refractivity contribution in [3.05, 3.63) is 35.9 Å². The highest BCUT2D eigenvalue weighted by Gasteiger charge is 2.29. The van der Waals surface area contributed by atoms with Gasteiger partial charge in [0.15, 0.2) is 0 Å². The number of nitrogens with zero attached hydrogens (tertiary/aromatic N) is 1. The van der Waals surface area contributed by atoms with Crippen molar-refractivity contribution in [2.24, 2.45) is 0 Å². The molecule has 1 aliphatic rings. The number of quaternary nitrogens is 1. The standard InChI is InChI=1S/C12H19N2/c1-2-14(9-8-13-11-14)10-12-6-4-3-5-7-12/h3-7,13H,2,8-11H2,1H3/q+1. The van der Waals surface area contributed by atoms with Gasteiger partial charge >= 0.3 is 0 Å². The Morgan fingerprint density at radius 2 is 2.07 bits per heavy atom. The summed E-state index contributed by atoms with van der Waals surface area (Å²) in [5, 5.41) is 3.46. The highest BCUT2D eigenvalue weighted by molar-refractivity contribution is 5.13.